The number of aliphatic hydroxyl groups is 2. The number of aromatic nitrogens is 2. The summed E-state index contributed by atoms with van der Waals surface area (Å²) in [5.74, 6) is -0.552. The summed E-state index contributed by atoms with van der Waals surface area (Å²) in [5.41, 5.74) is 2.83. The fraction of sp³-hybridized carbons (Fsp3) is 0.417. The molecule has 11 heteroatoms. The number of anilines is 1. The molecule has 1 amide bonds. The lowest BCUT2D eigenvalue weighted by atomic mass is 10.0. The Kier molecular flexibility index (Phi) is 7.37. The van der Waals surface area contributed by atoms with Gasteiger partial charge < -0.3 is 15.5 Å². The summed E-state index contributed by atoms with van der Waals surface area (Å²) >= 11 is 6.04. The molecule has 9 nitrogen and oxygen atoms in total. The normalized spacial score (nSPS) is 14.0. The van der Waals surface area contributed by atoms with E-state index in [1.807, 2.05) is 6.07 Å². The molecular formula is C24H29ClN4O5S. The van der Waals surface area contributed by atoms with E-state index in [9.17, 15) is 23.4 Å². The molecule has 1 heterocycles. The number of aliphatic hydroxyl groups excluding tert-OH is 2. The Morgan fingerprint density at radius 1 is 1.23 bits per heavy atom. The van der Waals surface area contributed by atoms with Crippen molar-refractivity contribution in [2.45, 2.75) is 25.2 Å². The maximum Gasteiger partial charge on any atom is 0.270 e. The Morgan fingerprint density at radius 2 is 1.89 bits per heavy atom. The molecule has 1 aliphatic carbocycles. The van der Waals surface area contributed by atoms with Gasteiger partial charge in [-0.05, 0) is 67.1 Å². The molecule has 0 bridgehead atoms. The molecule has 1 aromatic heterocycles. The standard InChI is InChI=1S/C24H29ClN4O5S/c1-26-24(32)23-20-11-19(16-3-4-16)22(28(35(2,33)34)10-9-15(13-30)14-31)12-21(20)27-29(23)18-7-5-17(25)6-8-18/h5-8,11-12,15-16,30-31H,3-4,9-10,13-14H2,1-2H3,(H,26,32). The third kappa shape index (κ3) is 5.30. The Balaban J connectivity index is 1.91. The molecule has 0 saturated heterocycles. The SMILES string of the molecule is CNC(=O)c1c2cc(C3CC3)c(N(CCC(CO)CO)S(C)(=O)=O)cc2nn1-c1ccc(Cl)cc1. The fourth-order valence-electron chi connectivity index (χ4n) is 4.19. The van der Waals surface area contributed by atoms with E-state index >= 15 is 0 Å². The van der Waals surface area contributed by atoms with Crippen molar-refractivity contribution in [1.82, 2.24) is 15.1 Å². The van der Waals surface area contributed by atoms with Gasteiger partial charge in [-0.1, -0.05) is 11.6 Å². The first-order chi connectivity index (χ1) is 16.7. The number of fused-ring (bicyclic) bond motifs is 1. The minimum atomic E-state index is -3.67. The lowest BCUT2D eigenvalue weighted by Gasteiger charge is -2.26. The number of carbonyl (C=O) groups is 1. The number of hydrogen-bond acceptors (Lipinski definition) is 6. The van der Waals surface area contributed by atoms with E-state index in [1.165, 1.54) is 4.31 Å². The monoisotopic (exact) mass is 520 g/mol. The van der Waals surface area contributed by atoms with E-state index in [0.29, 0.717) is 39.4 Å². The minimum Gasteiger partial charge on any atom is -0.396 e. The lowest BCUT2D eigenvalue weighted by molar-refractivity contribution is 0.0957. The molecule has 1 aliphatic rings. The number of benzene rings is 2. The number of halogens is 1. The van der Waals surface area contributed by atoms with Gasteiger partial charge >= 0.3 is 0 Å². The molecule has 0 unspecified atom stereocenters. The Labute approximate surface area is 209 Å². The van der Waals surface area contributed by atoms with Crippen LogP contribution in [0.5, 0.6) is 0 Å². The van der Waals surface area contributed by atoms with Crippen LogP contribution in [-0.4, -0.2) is 67.4 Å². The highest BCUT2D eigenvalue weighted by Gasteiger charge is 2.32. The first kappa shape index (κ1) is 25.4. The highest BCUT2D eigenvalue weighted by molar-refractivity contribution is 7.92. The maximum atomic E-state index is 12.9. The number of sulfonamides is 1. The molecular weight excluding hydrogens is 492 g/mol. The van der Waals surface area contributed by atoms with Crippen LogP contribution < -0.4 is 9.62 Å². The van der Waals surface area contributed by atoms with Gasteiger partial charge in [-0.2, -0.15) is 5.10 Å². The van der Waals surface area contributed by atoms with Crippen molar-refractivity contribution in [2.24, 2.45) is 5.92 Å². The van der Waals surface area contributed by atoms with Crippen LogP contribution in [0.15, 0.2) is 36.4 Å². The van der Waals surface area contributed by atoms with Crippen molar-refractivity contribution >= 4 is 44.1 Å². The smallest absolute Gasteiger partial charge is 0.270 e. The van der Waals surface area contributed by atoms with Crippen LogP contribution in [-0.2, 0) is 10.0 Å². The molecule has 0 aliphatic heterocycles. The second-order valence-corrected chi connectivity index (χ2v) is 11.2. The Bertz CT molecular complexity index is 1330. The molecule has 0 atom stereocenters. The van der Waals surface area contributed by atoms with Gasteiger partial charge in [-0.25, -0.2) is 13.1 Å². The molecule has 1 fully saturated rings. The Morgan fingerprint density at radius 3 is 2.43 bits per heavy atom. The fourth-order valence-corrected chi connectivity index (χ4v) is 5.27. The van der Waals surface area contributed by atoms with Crippen LogP contribution >= 0.6 is 11.6 Å². The average molecular weight is 521 g/mol. The van der Waals surface area contributed by atoms with E-state index < -0.39 is 15.9 Å². The predicted molar refractivity (Wildman–Crippen MR) is 136 cm³/mol. The van der Waals surface area contributed by atoms with Gasteiger partial charge in [0.25, 0.3) is 5.91 Å². The van der Waals surface area contributed by atoms with Gasteiger partial charge in [-0.15, -0.1) is 0 Å². The lowest BCUT2D eigenvalue weighted by Crippen LogP contribution is -2.33. The third-order valence-electron chi connectivity index (χ3n) is 6.28. The van der Waals surface area contributed by atoms with Gasteiger partial charge in [0.15, 0.2) is 0 Å². The highest BCUT2D eigenvalue weighted by Crippen LogP contribution is 2.46. The van der Waals surface area contributed by atoms with Crippen LogP contribution in [0.2, 0.25) is 5.02 Å². The zero-order chi connectivity index (χ0) is 25.3. The topological polar surface area (TPSA) is 125 Å². The van der Waals surface area contributed by atoms with E-state index in [1.54, 1.807) is 42.1 Å². The second kappa shape index (κ2) is 10.1. The van der Waals surface area contributed by atoms with Crippen molar-refractivity contribution in [1.29, 1.82) is 0 Å². The van der Waals surface area contributed by atoms with Crippen molar-refractivity contribution in [3.05, 3.63) is 52.7 Å². The summed E-state index contributed by atoms with van der Waals surface area (Å²) in [5, 5.41) is 27.4. The molecule has 0 spiro atoms. The molecule has 2 aromatic carbocycles. The van der Waals surface area contributed by atoms with Crippen LogP contribution in [0.3, 0.4) is 0 Å². The molecule has 3 N–H and O–H groups in total. The minimum absolute atomic E-state index is 0.107. The van der Waals surface area contributed by atoms with Gasteiger partial charge in [0.2, 0.25) is 10.0 Å². The number of hydrogen-bond donors (Lipinski definition) is 3. The molecule has 0 radical (unpaired) electrons. The maximum absolute atomic E-state index is 12.9. The quantitative estimate of drug-likeness (QED) is 0.377. The number of rotatable bonds is 10. The van der Waals surface area contributed by atoms with Gasteiger partial charge in [-0.3, -0.25) is 9.10 Å². The Hall–Kier alpha value is -2.66. The molecule has 188 valence electrons. The predicted octanol–water partition coefficient (Wildman–Crippen LogP) is 2.67. The zero-order valence-electron chi connectivity index (χ0n) is 19.6. The van der Waals surface area contributed by atoms with Crippen LogP contribution in [0, 0.1) is 5.92 Å². The average Bonchev–Trinajstić information content (AvgIpc) is 3.61. The summed E-state index contributed by atoms with van der Waals surface area (Å²) in [6, 6.07) is 10.5. The summed E-state index contributed by atoms with van der Waals surface area (Å²) in [6.45, 7) is -0.358. The van der Waals surface area contributed by atoms with E-state index in [4.69, 9.17) is 11.6 Å². The number of nitrogens with one attached hydrogen (secondary N) is 1. The summed E-state index contributed by atoms with van der Waals surface area (Å²) in [7, 11) is -2.12. The van der Waals surface area contributed by atoms with Crippen molar-refractivity contribution in [3.63, 3.8) is 0 Å². The largest absolute Gasteiger partial charge is 0.396 e. The number of nitrogens with zero attached hydrogens (tertiary/aromatic N) is 3. The molecule has 1 saturated carbocycles. The first-order valence-corrected chi connectivity index (χ1v) is 13.6. The molecule has 35 heavy (non-hydrogen) atoms. The molecule has 3 aromatic rings. The second-order valence-electron chi connectivity index (χ2n) is 8.87. The van der Waals surface area contributed by atoms with Crippen LogP contribution in [0.1, 0.15) is 41.2 Å². The summed E-state index contributed by atoms with van der Waals surface area (Å²) < 4.78 is 28.5. The van der Waals surface area contributed by atoms with E-state index in [2.05, 4.69) is 10.4 Å². The van der Waals surface area contributed by atoms with Gasteiger partial charge in [0.05, 0.1) is 23.1 Å². The third-order valence-corrected chi connectivity index (χ3v) is 7.71. The van der Waals surface area contributed by atoms with Gasteiger partial charge in [0, 0.05) is 43.1 Å². The van der Waals surface area contributed by atoms with Crippen LogP contribution in [0.25, 0.3) is 16.6 Å². The summed E-state index contributed by atoms with van der Waals surface area (Å²) in [6.07, 6.45) is 3.28. The van der Waals surface area contributed by atoms with Crippen molar-refractivity contribution in [3.8, 4) is 5.69 Å². The number of carbonyl (C=O) groups excluding carboxylic acids is 1. The molecule has 4 rings (SSSR count). The van der Waals surface area contributed by atoms with Crippen molar-refractivity contribution < 1.29 is 23.4 Å². The van der Waals surface area contributed by atoms with Crippen molar-refractivity contribution in [2.75, 3.05) is 37.4 Å². The first-order valence-electron chi connectivity index (χ1n) is 11.4. The van der Waals surface area contributed by atoms with E-state index in [-0.39, 0.29) is 31.6 Å². The van der Waals surface area contributed by atoms with E-state index in [0.717, 1.165) is 24.7 Å². The highest BCUT2D eigenvalue weighted by atomic mass is 35.5. The van der Waals surface area contributed by atoms with Crippen LogP contribution in [0.4, 0.5) is 5.69 Å². The number of amides is 1. The van der Waals surface area contributed by atoms with Gasteiger partial charge in [0.1, 0.15) is 5.69 Å². The summed E-state index contributed by atoms with van der Waals surface area (Å²) in [4.78, 5) is 12.9. The zero-order valence-corrected chi connectivity index (χ0v) is 21.2.